The number of ketones is 1. The molecule has 8 heteroatoms. The van der Waals surface area contributed by atoms with Crippen LogP contribution in [-0.4, -0.2) is 34.7 Å². The lowest BCUT2D eigenvalue weighted by molar-refractivity contribution is -0.118. The van der Waals surface area contributed by atoms with Crippen LogP contribution in [0.2, 0.25) is 0 Å². The highest BCUT2D eigenvalue weighted by Gasteiger charge is 2.26. The number of aromatic nitrogens is 2. The van der Waals surface area contributed by atoms with Crippen molar-refractivity contribution in [2.24, 2.45) is 0 Å². The van der Waals surface area contributed by atoms with Crippen LogP contribution in [0.25, 0.3) is 0 Å². The number of nitrogens with one attached hydrogen (secondary N) is 2. The molecule has 0 radical (unpaired) electrons. The molecule has 2 heterocycles. The van der Waals surface area contributed by atoms with Crippen LogP contribution >= 0.6 is 0 Å². The number of hydrogen-bond acceptors (Lipinski definition) is 6. The zero-order chi connectivity index (χ0) is 21.1. The minimum atomic E-state index is -0.443. The Kier molecular flexibility index (Phi) is 5.30. The van der Waals surface area contributed by atoms with E-state index in [0.717, 1.165) is 5.56 Å². The van der Waals surface area contributed by atoms with Gasteiger partial charge < -0.3 is 16.0 Å². The highest BCUT2D eigenvalue weighted by Crippen LogP contribution is 2.24. The number of anilines is 3. The first-order valence-corrected chi connectivity index (χ1v) is 9.65. The molecule has 0 atom stereocenters. The molecule has 0 saturated heterocycles. The quantitative estimate of drug-likeness (QED) is 0.560. The molecule has 1 aliphatic rings. The largest absolute Gasteiger partial charge is 0.369 e. The maximum absolute atomic E-state index is 12.8. The molecule has 4 rings (SSSR count). The number of amides is 1. The van der Waals surface area contributed by atoms with Gasteiger partial charge in [0.15, 0.2) is 17.3 Å². The second-order valence-electron chi connectivity index (χ2n) is 7.01. The van der Waals surface area contributed by atoms with E-state index in [1.807, 2.05) is 30.3 Å². The van der Waals surface area contributed by atoms with Crippen LogP contribution in [0, 0.1) is 0 Å². The number of aryl methyl sites for hydroxylation is 1. The zero-order valence-electron chi connectivity index (χ0n) is 16.2. The Hall–Kier alpha value is -3.94. The average Bonchev–Trinajstić information content (AvgIpc) is 2.77. The van der Waals surface area contributed by atoms with Gasteiger partial charge in [-0.15, -0.1) is 0 Å². The van der Waals surface area contributed by atoms with Gasteiger partial charge in [-0.1, -0.05) is 54.6 Å². The number of nitrogens with two attached hydrogens (primary N) is 1. The van der Waals surface area contributed by atoms with E-state index >= 15 is 0 Å². The van der Waals surface area contributed by atoms with Gasteiger partial charge in [0, 0.05) is 30.6 Å². The average molecular weight is 403 g/mol. The Bertz CT molecular complexity index is 1140. The monoisotopic (exact) mass is 403 g/mol. The number of H-pyrrole nitrogens is 1. The molecule has 0 spiro atoms. The first-order valence-electron chi connectivity index (χ1n) is 9.65. The van der Waals surface area contributed by atoms with Crippen molar-refractivity contribution in [2.45, 2.75) is 12.8 Å². The highest BCUT2D eigenvalue weighted by molar-refractivity contribution is 6.08. The fraction of sp³-hybridized carbons (Fsp3) is 0.182. The summed E-state index contributed by atoms with van der Waals surface area (Å²) >= 11 is 0. The molecule has 0 aliphatic carbocycles. The van der Waals surface area contributed by atoms with Crippen molar-refractivity contribution in [3.05, 3.63) is 81.6 Å². The molecule has 1 amide bonds. The van der Waals surface area contributed by atoms with E-state index in [0.29, 0.717) is 36.5 Å². The number of nitrogens with zero attached hydrogens (tertiary/aromatic N) is 2. The van der Waals surface area contributed by atoms with Crippen molar-refractivity contribution >= 4 is 29.1 Å². The van der Waals surface area contributed by atoms with Gasteiger partial charge in [-0.25, -0.2) is 0 Å². The molecule has 0 saturated carbocycles. The third-order valence-electron chi connectivity index (χ3n) is 4.99. The Balaban J connectivity index is 1.43. The summed E-state index contributed by atoms with van der Waals surface area (Å²) in [5.74, 6) is 0.117. The summed E-state index contributed by atoms with van der Waals surface area (Å²) in [6, 6.07) is 16.3. The fourth-order valence-electron chi connectivity index (χ4n) is 3.47. The summed E-state index contributed by atoms with van der Waals surface area (Å²) in [5, 5.41) is 3.00. The first kappa shape index (κ1) is 19.4. The molecule has 1 aromatic heterocycles. The molecular weight excluding hydrogens is 382 g/mol. The van der Waals surface area contributed by atoms with Gasteiger partial charge >= 0.3 is 0 Å². The van der Waals surface area contributed by atoms with Crippen molar-refractivity contribution in [2.75, 3.05) is 29.0 Å². The van der Waals surface area contributed by atoms with E-state index in [1.165, 1.54) is 4.90 Å². The minimum Gasteiger partial charge on any atom is -0.369 e. The van der Waals surface area contributed by atoms with E-state index in [9.17, 15) is 14.4 Å². The van der Waals surface area contributed by atoms with Crippen LogP contribution < -0.4 is 21.5 Å². The highest BCUT2D eigenvalue weighted by atomic mass is 16.2. The molecule has 8 nitrogen and oxygen atoms in total. The van der Waals surface area contributed by atoms with E-state index in [1.54, 1.807) is 24.3 Å². The smallest absolute Gasteiger partial charge is 0.278 e. The fourth-order valence-corrected chi connectivity index (χ4v) is 3.47. The molecule has 0 fully saturated rings. The lowest BCUT2D eigenvalue weighted by Crippen LogP contribution is -2.43. The van der Waals surface area contributed by atoms with Gasteiger partial charge in [0.2, 0.25) is 11.9 Å². The second kappa shape index (κ2) is 8.20. The molecule has 1 aliphatic heterocycles. The summed E-state index contributed by atoms with van der Waals surface area (Å²) in [6.07, 6.45) is 0.730. The lowest BCUT2D eigenvalue weighted by atomic mass is 10.0. The van der Waals surface area contributed by atoms with Gasteiger partial charge in [-0.05, 0) is 12.0 Å². The summed E-state index contributed by atoms with van der Waals surface area (Å²) in [6.45, 7) is 0.871. The van der Waals surface area contributed by atoms with Gasteiger partial charge in [0.25, 0.3) is 5.56 Å². The summed E-state index contributed by atoms with van der Waals surface area (Å²) < 4.78 is 0. The zero-order valence-corrected chi connectivity index (χ0v) is 16.2. The van der Waals surface area contributed by atoms with E-state index in [-0.39, 0.29) is 29.7 Å². The molecule has 3 aromatic rings. The molecule has 0 unspecified atom stereocenters. The number of hydrogen-bond donors (Lipinski definition) is 3. The number of rotatable bonds is 5. The standard InChI is InChI=1S/C22H21N5O3/c23-22-25-20-18(21(30)26-22)27(13-12-24-20)17(28)11-8-14-6-9-16(10-7-14)19(29)15-4-2-1-3-5-15/h1-7,9-10H,8,11-13H2,(H4,23,24,25,26,30). The predicted octanol–water partition coefficient (Wildman–Crippen LogP) is 1.97. The maximum Gasteiger partial charge on any atom is 0.278 e. The van der Waals surface area contributed by atoms with Crippen LogP contribution in [0.5, 0.6) is 0 Å². The number of carbonyl (C=O) groups is 2. The minimum absolute atomic E-state index is 0.00527. The summed E-state index contributed by atoms with van der Waals surface area (Å²) in [7, 11) is 0. The molecule has 30 heavy (non-hydrogen) atoms. The third-order valence-corrected chi connectivity index (χ3v) is 4.99. The number of nitrogen functional groups attached to an aromatic ring is 1. The molecular formula is C22H21N5O3. The number of benzene rings is 2. The summed E-state index contributed by atoms with van der Waals surface area (Å²) in [4.78, 5) is 45.4. The van der Waals surface area contributed by atoms with Crippen molar-refractivity contribution in [1.29, 1.82) is 0 Å². The number of aromatic amines is 1. The van der Waals surface area contributed by atoms with Crippen LogP contribution in [0.3, 0.4) is 0 Å². The van der Waals surface area contributed by atoms with Crippen molar-refractivity contribution in [1.82, 2.24) is 9.97 Å². The number of fused-ring (bicyclic) bond motifs is 1. The maximum atomic E-state index is 12.8. The third kappa shape index (κ3) is 3.93. The normalized spacial score (nSPS) is 12.7. The van der Waals surface area contributed by atoms with E-state index in [4.69, 9.17) is 5.73 Å². The lowest BCUT2D eigenvalue weighted by Gasteiger charge is -2.28. The van der Waals surface area contributed by atoms with Crippen LogP contribution in [0.4, 0.5) is 17.5 Å². The van der Waals surface area contributed by atoms with Gasteiger partial charge in [0.05, 0.1) is 0 Å². The van der Waals surface area contributed by atoms with Crippen LogP contribution in [-0.2, 0) is 11.2 Å². The molecule has 152 valence electrons. The molecule has 2 aromatic carbocycles. The summed E-state index contributed by atoms with van der Waals surface area (Å²) in [5.41, 5.74) is 7.50. The second-order valence-corrected chi connectivity index (χ2v) is 7.01. The van der Waals surface area contributed by atoms with E-state index < -0.39 is 5.56 Å². The van der Waals surface area contributed by atoms with Crippen LogP contribution in [0.1, 0.15) is 27.9 Å². The van der Waals surface area contributed by atoms with Gasteiger partial charge in [-0.2, -0.15) is 4.98 Å². The first-order chi connectivity index (χ1) is 14.5. The van der Waals surface area contributed by atoms with Gasteiger partial charge in [-0.3, -0.25) is 19.4 Å². The Morgan fingerprint density at radius 3 is 2.47 bits per heavy atom. The predicted molar refractivity (Wildman–Crippen MR) is 115 cm³/mol. The Morgan fingerprint density at radius 2 is 1.73 bits per heavy atom. The Labute approximate surface area is 172 Å². The SMILES string of the molecule is Nc1nc2c(c(=O)[nH]1)N(C(=O)CCc1ccc(C(=O)c3ccccc3)cc1)CCN2. The molecule has 4 N–H and O–H groups in total. The molecule has 0 bridgehead atoms. The topological polar surface area (TPSA) is 121 Å². The van der Waals surface area contributed by atoms with Crippen molar-refractivity contribution < 1.29 is 9.59 Å². The van der Waals surface area contributed by atoms with Crippen molar-refractivity contribution in [3.8, 4) is 0 Å². The van der Waals surface area contributed by atoms with E-state index in [2.05, 4.69) is 15.3 Å². The number of carbonyl (C=O) groups excluding carboxylic acids is 2. The van der Waals surface area contributed by atoms with Crippen LogP contribution in [0.15, 0.2) is 59.4 Å². The van der Waals surface area contributed by atoms with Gasteiger partial charge in [0.1, 0.15) is 0 Å². The van der Waals surface area contributed by atoms with Crippen molar-refractivity contribution in [3.63, 3.8) is 0 Å². The Morgan fingerprint density at radius 1 is 1.03 bits per heavy atom.